The normalized spacial score (nSPS) is 26.9. The van der Waals surface area contributed by atoms with E-state index in [1.807, 2.05) is 0 Å². The number of ketones is 1. The van der Waals surface area contributed by atoms with E-state index in [0.29, 0.717) is 5.78 Å². The molecule has 4 unspecified atom stereocenters. The van der Waals surface area contributed by atoms with E-state index in [4.69, 9.17) is 0 Å². The Kier molecular flexibility index (Phi) is 2.95. The zero-order chi connectivity index (χ0) is 24.4. The first kappa shape index (κ1) is 18.9. The van der Waals surface area contributed by atoms with Crippen LogP contribution in [0.15, 0.2) is 107 Å². The lowest BCUT2D eigenvalue weighted by atomic mass is 9.59. The number of hydrogen-bond acceptors (Lipinski definition) is 1. The molecule has 0 heterocycles. The van der Waals surface area contributed by atoms with E-state index in [1.54, 1.807) is 0 Å². The minimum absolute atomic E-state index is 0.117. The molecule has 0 bridgehead atoms. The second kappa shape index (κ2) is 5.92. The maximum absolute atomic E-state index is 14.9. The Morgan fingerprint density at radius 3 is 1.58 bits per heavy atom. The van der Waals surface area contributed by atoms with Crippen LogP contribution in [0.4, 0.5) is 0 Å². The van der Waals surface area contributed by atoms with Crippen LogP contribution in [0.1, 0.15) is 69.9 Å². The van der Waals surface area contributed by atoms with Gasteiger partial charge in [0.25, 0.3) is 0 Å². The molecule has 0 radical (unpaired) electrons. The summed E-state index contributed by atoms with van der Waals surface area (Å²) in [7, 11) is 0. The molecule has 11 rings (SSSR count). The third-order valence-electron chi connectivity index (χ3n) is 10.8. The predicted octanol–water partition coefficient (Wildman–Crippen LogP) is 8.35. The molecule has 0 saturated carbocycles. The molecule has 38 heavy (non-hydrogen) atoms. The number of hydrogen-bond donors (Lipinski definition) is 0. The first-order valence-electron chi connectivity index (χ1n) is 14.0. The highest BCUT2D eigenvalue weighted by Crippen LogP contribution is 2.67. The topological polar surface area (TPSA) is 17.1 Å². The van der Waals surface area contributed by atoms with Gasteiger partial charge < -0.3 is 0 Å². The highest BCUT2D eigenvalue weighted by Gasteiger charge is 2.53. The van der Waals surface area contributed by atoms with E-state index in [9.17, 15) is 4.79 Å². The molecule has 0 fully saturated rings. The summed E-state index contributed by atoms with van der Waals surface area (Å²) in [4.78, 5) is 14.9. The number of carbonyl (C=O) groups excluding carboxylic acids is 1. The van der Waals surface area contributed by atoms with E-state index in [0.717, 1.165) is 12.8 Å². The maximum atomic E-state index is 14.9. The number of Topliss-reactive ketones (excluding diaryl/α,β-unsaturated/α-hetero) is 1. The molecule has 7 aliphatic rings. The second-order valence-corrected chi connectivity index (χ2v) is 12.1. The van der Waals surface area contributed by atoms with Gasteiger partial charge in [-0.15, -0.1) is 0 Å². The summed E-state index contributed by atoms with van der Waals surface area (Å²) in [6.45, 7) is 0. The van der Waals surface area contributed by atoms with Crippen LogP contribution in [0.25, 0.3) is 33.0 Å². The Morgan fingerprint density at radius 2 is 1.05 bits per heavy atom. The van der Waals surface area contributed by atoms with Crippen molar-refractivity contribution in [3.63, 3.8) is 0 Å². The predicted molar refractivity (Wildman–Crippen MR) is 151 cm³/mol. The van der Waals surface area contributed by atoms with Crippen LogP contribution in [0.5, 0.6) is 0 Å². The van der Waals surface area contributed by atoms with Crippen molar-refractivity contribution in [2.24, 2.45) is 0 Å². The summed E-state index contributed by atoms with van der Waals surface area (Å²) in [6.07, 6.45) is 11.1. The lowest BCUT2D eigenvalue weighted by molar-refractivity contribution is -0.120. The molecule has 7 aliphatic carbocycles. The lowest BCUT2D eigenvalue weighted by Gasteiger charge is -2.42. The molecule has 4 aromatic carbocycles. The van der Waals surface area contributed by atoms with Gasteiger partial charge in [-0.05, 0) is 114 Å². The molecular formula is C37H22O. The zero-order valence-electron chi connectivity index (χ0n) is 20.7. The summed E-state index contributed by atoms with van der Waals surface area (Å²) in [5.41, 5.74) is 19.3. The number of benzene rings is 4. The molecule has 0 amide bonds. The van der Waals surface area contributed by atoms with Crippen LogP contribution in [0, 0.1) is 0 Å². The van der Waals surface area contributed by atoms with Gasteiger partial charge in [0.1, 0.15) is 0 Å². The van der Waals surface area contributed by atoms with E-state index in [2.05, 4.69) is 85.0 Å². The summed E-state index contributed by atoms with van der Waals surface area (Å²) in [6, 6.07) is 22.9. The molecule has 1 heteroatoms. The monoisotopic (exact) mass is 482 g/mol. The molecule has 4 aromatic rings. The summed E-state index contributed by atoms with van der Waals surface area (Å²) >= 11 is 0. The van der Waals surface area contributed by atoms with Crippen molar-refractivity contribution in [2.45, 2.75) is 36.5 Å². The summed E-state index contributed by atoms with van der Waals surface area (Å²) in [5.74, 6) is 0.711. The average Bonchev–Trinajstić information content (AvgIpc) is 3.73. The van der Waals surface area contributed by atoms with E-state index in [1.165, 1.54) is 88.7 Å². The van der Waals surface area contributed by atoms with Crippen LogP contribution in [-0.4, -0.2) is 5.78 Å². The van der Waals surface area contributed by atoms with Crippen molar-refractivity contribution in [1.29, 1.82) is 0 Å². The first-order chi connectivity index (χ1) is 18.8. The van der Waals surface area contributed by atoms with Crippen molar-refractivity contribution in [3.8, 4) is 22.3 Å². The average molecular weight is 483 g/mol. The molecule has 1 nitrogen and oxygen atoms in total. The summed E-state index contributed by atoms with van der Waals surface area (Å²) < 4.78 is 0. The number of allylic oxidation sites excluding steroid dienone is 8. The Morgan fingerprint density at radius 1 is 0.553 bits per heavy atom. The van der Waals surface area contributed by atoms with Gasteiger partial charge in [0.2, 0.25) is 0 Å². The van der Waals surface area contributed by atoms with Crippen molar-refractivity contribution >= 4 is 16.6 Å². The van der Waals surface area contributed by atoms with Gasteiger partial charge in [0.05, 0.1) is 11.8 Å². The van der Waals surface area contributed by atoms with Crippen LogP contribution in [-0.2, 0) is 4.79 Å². The van der Waals surface area contributed by atoms with Crippen molar-refractivity contribution in [1.82, 2.24) is 0 Å². The van der Waals surface area contributed by atoms with E-state index < -0.39 is 0 Å². The van der Waals surface area contributed by atoms with Crippen LogP contribution >= 0.6 is 0 Å². The van der Waals surface area contributed by atoms with Gasteiger partial charge in [-0.1, -0.05) is 72.8 Å². The molecule has 0 saturated heterocycles. The van der Waals surface area contributed by atoms with Gasteiger partial charge in [0, 0.05) is 11.8 Å². The van der Waals surface area contributed by atoms with Crippen molar-refractivity contribution in [2.75, 3.05) is 0 Å². The number of fused-ring (bicyclic) bond motifs is 10. The maximum Gasteiger partial charge on any atom is 0.155 e. The molecule has 0 N–H and O–H groups in total. The smallest absolute Gasteiger partial charge is 0.155 e. The third-order valence-corrected chi connectivity index (χ3v) is 10.8. The van der Waals surface area contributed by atoms with Gasteiger partial charge >= 0.3 is 0 Å². The standard InChI is InChI=1S/C37H22O/c38-37-33-24-13-5-11-22(24)29-20-9-3-1-7-18(20)26-15-17-16-27-19-8-2-4-10-21(19)30-23-12-6-14-25(23)34(37)36(32(27)30)28(17)35(33)31(26)29/h1-12,15-16,29-30,33-34H,13-14H2. The van der Waals surface area contributed by atoms with Gasteiger partial charge in [0.15, 0.2) is 5.78 Å². The van der Waals surface area contributed by atoms with Crippen LogP contribution < -0.4 is 0 Å². The fraction of sp³-hybridized carbons (Fsp3) is 0.162. The Bertz CT molecular complexity index is 1920. The van der Waals surface area contributed by atoms with Gasteiger partial charge in [-0.3, -0.25) is 4.79 Å². The highest BCUT2D eigenvalue weighted by molar-refractivity contribution is 6.15. The number of rotatable bonds is 0. The Labute approximate surface area is 220 Å². The first-order valence-corrected chi connectivity index (χ1v) is 14.0. The fourth-order valence-electron chi connectivity index (χ4n) is 9.63. The third kappa shape index (κ3) is 1.79. The van der Waals surface area contributed by atoms with E-state index >= 15 is 0 Å². The molecule has 0 aromatic heterocycles. The molecule has 0 aliphatic heterocycles. The molecule has 4 atom stereocenters. The minimum atomic E-state index is -0.117. The van der Waals surface area contributed by atoms with Crippen LogP contribution in [0.2, 0.25) is 0 Å². The zero-order valence-corrected chi connectivity index (χ0v) is 20.7. The SMILES string of the molecule is O=C1C2C3=C(C=CC3)C3c4ccccc4-c4cc5cc6c7c(c5c2c43)C1C1=C(C=CC1)C7c1ccccc1-6. The molecule has 176 valence electrons. The van der Waals surface area contributed by atoms with Crippen molar-refractivity contribution < 1.29 is 4.79 Å². The Balaban J connectivity index is 1.38. The highest BCUT2D eigenvalue weighted by atomic mass is 16.1. The van der Waals surface area contributed by atoms with Gasteiger partial charge in [-0.25, -0.2) is 0 Å². The lowest BCUT2D eigenvalue weighted by Crippen LogP contribution is -2.34. The summed E-state index contributed by atoms with van der Waals surface area (Å²) in [5, 5.41) is 2.73. The van der Waals surface area contributed by atoms with Gasteiger partial charge in [-0.2, -0.15) is 0 Å². The molecular weight excluding hydrogens is 460 g/mol. The Hall–Kier alpha value is -4.23. The van der Waals surface area contributed by atoms with Crippen LogP contribution in [0.3, 0.4) is 0 Å². The second-order valence-electron chi connectivity index (χ2n) is 12.1. The fourth-order valence-corrected chi connectivity index (χ4v) is 9.63. The molecule has 0 spiro atoms. The van der Waals surface area contributed by atoms with E-state index in [-0.39, 0.29) is 23.7 Å². The quantitative estimate of drug-likeness (QED) is 0.246. The number of carbonyl (C=O) groups is 1. The largest absolute Gasteiger partial charge is 0.298 e. The minimum Gasteiger partial charge on any atom is -0.298 e. The van der Waals surface area contributed by atoms with Crippen molar-refractivity contribution in [3.05, 3.63) is 141 Å².